The van der Waals surface area contributed by atoms with E-state index >= 15 is 0 Å². The molecule has 0 spiro atoms. The summed E-state index contributed by atoms with van der Waals surface area (Å²) in [6.07, 6.45) is 4.51. The summed E-state index contributed by atoms with van der Waals surface area (Å²) in [5.41, 5.74) is 2.31. The van der Waals surface area contributed by atoms with Gasteiger partial charge in [0.05, 0.1) is 6.61 Å². The third-order valence-electron chi connectivity index (χ3n) is 4.37. The molecule has 0 aromatic heterocycles. The van der Waals surface area contributed by atoms with Gasteiger partial charge < -0.3 is 24.8 Å². The molecule has 2 N–H and O–H groups in total. The lowest BCUT2D eigenvalue weighted by molar-refractivity contribution is 0.192. The zero-order valence-corrected chi connectivity index (χ0v) is 16.6. The highest BCUT2D eigenvalue weighted by atomic mass is 16.5. The number of benzene rings is 1. The molecule has 26 heavy (non-hydrogen) atoms. The number of rotatable bonds is 10. The first kappa shape index (κ1) is 20.4. The summed E-state index contributed by atoms with van der Waals surface area (Å²) in [6, 6.07) is 4.21. The standard InChI is InChI=1S/C20H33N3O3/c1-5-25-18-12-16-11-15(2)26-19(16)13-17(18)14-23-20(21-3)22-9-7-6-8-10-24-4/h12-13,15H,5-11,14H2,1-4H3,(H2,21,22,23). The maximum absolute atomic E-state index is 5.89. The summed E-state index contributed by atoms with van der Waals surface area (Å²) in [4.78, 5) is 4.29. The van der Waals surface area contributed by atoms with Crippen molar-refractivity contribution < 1.29 is 14.2 Å². The number of aliphatic imine (C=N–C) groups is 1. The minimum absolute atomic E-state index is 0.232. The van der Waals surface area contributed by atoms with Gasteiger partial charge in [-0.1, -0.05) is 0 Å². The van der Waals surface area contributed by atoms with Crippen LogP contribution in [-0.4, -0.2) is 46.0 Å². The van der Waals surface area contributed by atoms with Crippen LogP contribution in [0.25, 0.3) is 0 Å². The van der Waals surface area contributed by atoms with Crippen molar-refractivity contribution in [1.29, 1.82) is 0 Å². The Morgan fingerprint density at radius 3 is 2.85 bits per heavy atom. The van der Waals surface area contributed by atoms with Crippen LogP contribution < -0.4 is 20.1 Å². The smallest absolute Gasteiger partial charge is 0.191 e. The van der Waals surface area contributed by atoms with Gasteiger partial charge in [0.15, 0.2) is 5.96 Å². The third-order valence-corrected chi connectivity index (χ3v) is 4.37. The quantitative estimate of drug-likeness (QED) is 0.380. The second-order valence-corrected chi connectivity index (χ2v) is 6.54. The molecule has 0 bridgehead atoms. The van der Waals surface area contributed by atoms with E-state index in [1.54, 1.807) is 14.2 Å². The lowest BCUT2D eigenvalue weighted by atomic mass is 10.1. The molecule has 1 aliphatic rings. The summed E-state index contributed by atoms with van der Waals surface area (Å²) in [6.45, 7) is 7.11. The van der Waals surface area contributed by atoms with Crippen LogP contribution in [0.3, 0.4) is 0 Å². The van der Waals surface area contributed by atoms with E-state index in [1.165, 1.54) is 5.56 Å². The van der Waals surface area contributed by atoms with Gasteiger partial charge in [-0.2, -0.15) is 0 Å². The van der Waals surface area contributed by atoms with Gasteiger partial charge in [-0.25, -0.2) is 0 Å². The van der Waals surface area contributed by atoms with E-state index < -0.39 is 0 Å². The van der Waals surface area contributed by atoms with E-state index in [2.05, 4.69) is 34.7 Å². The van der Waals surface area contributed by atoms with Crippen LogP contribution >= 0.6 is 0 Å². The SMILES string of the molecule is CCOc1cc2c(cc1CNC(=NC)NCCCCCOC)OC(C)C2. The van der Waals surface area contributed by atoms with E-state index in [1.807, 2.05) is 6.92 Å². The molecule has 1 atom stereocenters. The normalized spacial score (nSPS) is 16.2. The van der Waals surface area contributed by atoms with Crippen LogP contribution in [0.4, 0.5) is 0 Å². The van der Waals surface area contributed by atoms with E-state index in [9.17, 15) is 0 Å². The minimum Gasteiger partial charge on any atom is -0.494 e. The zero-order valence-electron chi connectivity index (χ0n) is 16.6. The van der Waals surface area contributed by atoms with Gasteiger partial charge in [-0.05, 0) is 45.2 Å². The van der Waals surface area contributed by atoms with Gasteiger partial charge in [0.25, 0.3) is 0 Å². The fourth-order valence-corrected chi connectivity index (χ4v) is 3.06. The monoisotopic (exact) mass is 363 g/mol. The molecule has 1 aromatic carbocycles. The van der Waals surface area contributed by atoms with Crippen LogP contribution in [0, 0.1) is 0 Å². The fourth-order valence-electron chi connectivity index (χ4n) is 3.06. The Labute approximate surface area is 157 Å². The highest BCUT2D eigenvalue weighted by Gasteiger charge is 2.21. The van der Waals surface area contributed by atoms with Gasteiger partial charge in [-0.15, -0.1) is 0 Å². The van der Waals surface area contributed by atoms with Crippen molar-refractivity contribution in [2.75, 3.05) is 33.9 Å². The molecule has 0 saturated carbocycles. The lowest BCUT2D eigenvalue weighted by Crippen LogP contribution is -2.37. The van der Waals surface area contributed by atoms with Crippen molar-refractivity contribution in [3.63, 3.8) is 0 Å². The molecule has 0 saturated heterocycles. The molecular weight excluding hydrogens is 330 g/mol. The van der Waals surface area contributed by atoms with Gasteiger partial charge in [0, 0.05) is 51.4 Å². The molecule has 0 amide bonds. The number of ether oxygens (including phenoxy) is 3. The second kappa shape index (κ2) is 10.9. The van der Waals surface area contributed by atoms with E-state index in [0.29, 0.717) is 13.2 Å². The highest BCUT2D eigenvalue weighted by Crippen LogP contribution is 2.35. The Kier molecular flexibility index (Phi) is 8.54. The predicted molar refractivity (Wildman–Crippen MR) is 105 cm³/mol. The number of guanidine groups is 1. The Bertz CT molecular complexity index is 590. The number of unbranched alkanes of at least 4 members (excludes halogenated alkanes) is 2. The molecule has 0 radical (unpaired) electrons. The lowest BCUT2D eigenvalue weighted by Gasteiger charge is -2.15. The summed E-state index contributed by atoms with van der Waals surface area (Å²) < 4.78 is 16.8. The van der Waals surface area contributed by atoms with E-state index in [-0.39, 0.29) is 6.10 Å². The van der Waals surface area contributed by atoms with Crippen molar-refractivity contribution in [1.82, 2.24) is 10.6 Å². The largest absolute Gasteiger partial charge is 0.494 e. The fraction of sp³-hybridized carbons (Fsp3) is 0.650. The average Bonchev–Trinajstić information content (AvgIpc) is 2.99. The maximum Gasteiger partial charge on any atom is 0.191 e. The Hall–Kier alpha value is -1.95. The number of hydrogen-bond acceptors (Lipinski definition) is 4. The molecular formula is C20H33N3O3. The summed E-state index contributed by atoms with van der Waals surface area (Å²) in [5.74, 6) is 2.69. The molecule has 6 nitrogen and oxygen atoms in total. The predicted octanol–water partition coefficient (Wildman–Crippen LogP) is 2.89. The molecule has 0 aliphatic carbocycles. The molecule has 146 valence electrons. The zero-order chi connectivity index (χ0) is 18.8. The summed E-state index contributed by atoms with van der Waals surface area (Å²) in [7, 11) is 3.53. The number of fused-ring (bicyclic) bond motifs is 1. The van der Waals surface area contributed by atoms with E-state index in [4.69, 9.17) is 14.2 Å². The average molecular weight is 364 g/mol. The van der Waals surface area contributed by atoms with Crippen LogP contribution in [0.15, 0.2) is 17.1 Å². The van der Waals surface area contributed by atoms with Crippen LogP contribution in [0.1, 0.15) is 44.2 Å². The Morgan fingerprint density at radius 1 is 1.27 bits per heavy atom. The molecule has 1 unspecified atom stereocenters. The molecule has 0 fully saturated rings. The minimum atomic E-state index is 0.232. The van der Waals surface area contributed by atoms with Crippen LogP contribution in [0.5, 0.6) is 11.5 Å². The molecule has 6 heteroatoms. The first-order valence-corrected chi connectivity index (χ1v) is 9.56. The topological polar surface area (TPSA) is 64.1 Å². The van der Waals surface area contributed by atoms with Crippen molar-refractivity contribution in [2.24, 2.45) is 4.99 Å². The first-order chi connectivity index (χ1) is 12.7. The number of hydrogen-bond donors (Lipinski definition) is 2. The van der Waals surface area contributed by atoms with Crippen LogP contribution in [-0.2, 0) is 17.7 Å². The third kappa shape index (κ3) is 6.09. The van der Waals surface area contributed by atoms with E-state index in [0.717, 1.165) is 61.9 Å². The second-order valence-electron chi connectivity index (χ2n) is 6.54. The number of nitrogens with zero attached hydrogens (tertiary/aromatic N) is 1. The summed E-state index contributed by atoms with van der Waals surface area (Å²) in [5, 5.41) is 6.72. The maximum atomic E-state index is 5.89. The van der Waals surface area contributed by atoms with Gasteiger partial charge >= 0.3 is 0 Å². The molecule has 1 aliphatic heterocycles. The molecule has 2 rings (SSSR count). The van der Waals surface area contributed by atoms with Crippen molar-refractivity contribution >= 4 is 5.96 Å². The highest BCUT2D eigenvalue weighted by molar-refractivity contribution is 5.79. The van der Waals surface area contributed by atoms with Crippen molar-refractivity contribution in [3.05, 3.63) is 23.3 Å². The van der Waals surface area contributed by atoms with Gasteiger partial charge in [-0.3, -0.25) is 4.99 Å². The van der Waals surface area contributed by atoms with Crippen molar-refractivity contribution in [3.8, 4) is 11.5 Å². The first-order valence-electron chi connectivity index (χ1n) is 9.56. The van der Waals surface area contributed by atoms with Crippen LogP contribution in [0.2, 0.25) is 0 Å². The molecule has 1 heterocycles. The van der Waals surface area contributed by atoms with Crippen molar-refractivity contribution in [2.45, 2.75) is 52.2 Å². The van der Waals surface area contributed by atoms with Gasteiger partial charge in [0.1, 0.15) is 17.6 Å². The number of methoxy groups -OCH3 is 1. The summed E-state index contributed by atoms with van der Waals surface area (Å²) >= 11 is 0. The Balaban J connectivity index is 1.87. The van der Waals surface area contributed by atoms with Gasteiger partial charge in [0.2, 0.25) is 0 Å². The Morgan fingerprint density at radius 2 is 2.12 bits per heavy atom. The molecule has 1 aromatic rings. The number of nitrogens with one attached hydrogen (secondary N) is 2.